The highest BCUT2D eigenvalue weighted by Gasteiger charge is 2.12. The summed E-state index contributed by atoms with van der Waals surface area (Å²) in [5.74, 6) is 0.138. The van der Waals surface area contributed by atoms with Crippen LogP contribution in [-0.4, -0.2) is 56.7 Å². The lowest BCUT2D eigenvalue weighted by Gasteiger charge is -2.21. The van der Waals surface area contributed by atoms with E-state index < -0.39 is 0 Å². The average Bonchev–Trinajstić information content (AvgIpc) is 2.48. The highest BCUT2D eigenvalue weighted by atomic mass is 16.5. The smallest absolute Gasteiger partial charge is 0.176 e. The van der Waals surface area contributed by atoms with E-state index in [2.05, 4.69) is 4.90 Å². The van der Waals surface area contributed by atoms with Gasteiger partial charge in [0.15, 0.2) is 5.78 Å². The van der Waals surface area contributed by atoms with E-state index in [0.29, 0.717) is 33.0 Å². The molecular weight excluding hydrogens is 254 g/mol. The van der Waals surface area contributed by atoms with Crippen LogP contribution in [0, 0.1) is 0 Å². The lowest BCUT2D eigenvalue weighted by Crippen LogP contribution is -2.35. The van der Waals surface area contributed by atoms with Crippen molar-refractivity contribution >= 4 is 5.78 Å². The minimum atomic E-state index is 0.138. The molecule has 0 aliphatic carbocycles. The number of Topliss-reactive ketones (excluding diaryl/α,β-unsaturated/α-hetero) is 1. The van der Waals surface area contributed by atoms with E-state index in [1.807, 2.05) is 44.2 Å². The zero-order chi connectivity index (χ0) is 14.6. The molecule has 0 spiro atoms. The number of carbonyl (C=O) groups is 1. The largest absolute Gasteiger partial charge is 0.380 e. The summed E-state index contributed by atoms with van der Waals surface area (Å²) in [6.07, 6.45) is 0. The van der Waals surface area contributed by atoms with Gasteiger partial charge in [0.1, 0.15) is 0 Å². The number of hydrogen-bond donors (Lipinski definition) is 0. The van der Waals surface area contributed by atoms with Crippen LogP contribution in [0.15, 0.2) is 30.3 Å². The fourth-order valence-corrected chi connectivity index (χ4v) is 1.86. The van der Waals surface area contributed by atoms with Gasteiger partial charge in [-0.1, -0.05) is 30.3 Å². The molecule has 0 saturated heterocycles. The molecule has 0 aliphatic rings. The van der Waals surface area contributed by atoms with Gasteiger partial charge in [-0.05, 0) is 13.8 Å². The van der Waals surface area contributed by atoms with Crippen molar-refractivity contribution in [1.29, 1.82) is 0 Å². The van der Waals surface area contributed by atoms with E-state index >= 15 is 0 Å². The summed E-state index contributed by atoms with van der Waals surface area (Å²) in [5.41, 5.74) is 0.755. The number of hydrogen-bond acceptors (Lipinski definition) is 4. The minimum absolute atomic E-state index is 0.138. The summed E-state index contributed by atoms with van der Waals surface area (Å²) in [6.45, 7) is 8.54. The molecule has 1 aromatic carbocycles. The zero-order valence-corrected chi connectivity index (χ0v) is 12.5. The molecule has 0 atom stereocenters. The highest BCUT2D eigenvalue weighted by molar-refractivity contribution is 5.97. The molecule has 0 amide bonds. The molecule has 0 saturated carbocycles. The first-order valence-corrected chi connectivity index (χ1v) is 7.24. The maximum Gasteiger partial charge on any atom is 0.176 e. The third-order valence-corrected chi connectivity index (χ3v) is 2.97. The monoisotopic (exact) mass is 279 g/mol. The summed E-state index contributed by atoms with van der Waals surface area (Å²) in [5, 5.41) is 0. The lowest BCUT2D eigenvalue weighted by atomic mass is 10.1. The Morgan fingerprint density at radius 2 is 1.55 bits per heavy atom. The molecule has 1 rings (SSSR count). The Bertz CT molecular complexity index is 357. The van der Waals surface area contributed by atoms with E-state index in [4.69, 9.17) is 9.47 Å². The van der Waals surface area contributed by atoms with Gasteiger partial charge in [-0.2, -0.15) is 0 Å². The van der Waals surface area contributed by atoms with Crippen molar-refractivity contribution in [1.82, 2.24) is 4.90 Å². The first kappa shape index (κ1) is 16.8. The first-order chi connectivity index (χ1) is 9.77. The SMILES string of the molecule is CCOCCN(CCOCC)CC(=O)c1ccccc1. The summed E-state index contributed by atoms with van der Waals surface area (Å²) in [4.78, 5) is 14.3. The van der Waals surface area contributed by atoms with E-state index in [1.165, 1.54) is 0 Å². The Morgan fingerprint density at radius 1 is 1.00 bits per heavy atom. The molecule has 20 heavy (non-hydrogen) atoms. The average molecular weight is 279 g/mol. The molecule has 0 fully saturated rings. The van der Waals surface area contributed by atoms with E-state index in [9.17, 15) is 4.79 Å². The van der Waals surface area contributed by atoms with E-state index in [0.717, 1.165) is 18.7 Å². The van der Waals surface area contributed by atoms with Crippen LogP contribution in [0.3, 0.4) is 0 Å². The van der Waals surface area contributed by atoms with Crippen LogP contribution in [0.25, 0.3) is 0 Å². The normalized spacial score (nSPS) is 10.9. The molecule has 0 bridgehead atoms. The number of benzene rings is 1. The topological polar surface area (TPSA) is 38.8 Å². The van der Waals surface area contributed by atoms with E-state index in [1.54, 1.807) is 0 Å². The maximum atomic E-state index is 12.2. The van der Waals surface area contributed by atoms with Crippen molar-refractivity contribution in [3.63, 3.8) is 0 Å². The van der Waals surface area contributed by atoms with Gasteiger partial charge in [0.2, 0.25) is 0 Å². The second-order valence-electron chi connectivity index (χ2n) is 4.46. The van der Waals surface area contributed by atoms with Crippen LogP contribution >= 0.6 is 0 Å². The molecule has 112 valence electrons. The van der Waals surface area contributed by atoms with Crippen molar-refractivity contribution in [2.45, 2.75) is 13.8 Å². The van der Waals surface area contributed by atoms with Gasteiger partial charge in [0, 0.05) is 31.9 Å². The third kappa shape index (κ3) is 6.80. The Kier molecular flexibility index (Phi) is 8.87. The van der Waals surface area contributed by atoms with Crippen LogP contribution in [0.2, 0.25) is 0 Å². The van der Waals surface area contributed by atoms with Crippen LogP contribution in [0.5, 0.6) is 0 Å². The van der Waals surface area contributed by atoms with Crippen LogP contribution in [-0.2, 0) is 9.47 Å². The molecule has 0 heterocycles. The molecule has 0 N–H and O–H groups in total. The molecule has 0 unspecified atom stereocenters. The van der Waals surface area contributed by atoms with Gasteiger partial charge in [0.25, 0.3) is 0 Å². The highest BCUT2D eigenvalue weighted by Crippen LogP contribution is 2.02. The number of ketones is 1. The zero-order valence-electron chi connectivity index (χ0n) is 12.5. The van der Waals surface area contributed by atoms with Gasteiger partial charge in [-0.15, -0.1) is 0 Å². The number of nitrogens with zero attached hydrogens (tertiary/aromatic N) is 1. The predicted octanol–water partition coefficient (Wildman–Crippen LogP) is 2.24. The molecule has 0 aromatic heterocycles. The Labute approximate surface area is 121 Å². The Balaban J connectivity index is 2.47. The second-order valence-corrected chi connectivity index (χ2v) is 4.46. The van der Waals surface area contributed by atoms with Gasteiger partial charge < -0.3 is 9.47 Å². The van der Waals surface area contributed by atoms with Gasteiger partial charge in [-0.3, -0.25) is 9.69 Å². The molecule has 0 radical (unpaired) electrons. The Hall–Kier alpha value is -1.23. The second kappa shape index (κ2) is 10.5. The predicted molar refractivity (Wildman–Crippen MR) is 80.2 cm³/mol. The van der Waals surface area contributed by atoms with Crippen LogP contribution in [0.4, 0.5) is 0 Å². The molecular formula is C16H25NO3. The van der Waals surface area contributed by atoms with Crippen molar-refractivity contribution in [2.75, 3.05) is 46.1 Å². The van der Waals surface area contributed by atoms with Gasteiger partial charge in [0.05, 0.1) is 19.8 Å². The molecule has 0 aliphatic heterocycles. The standard InChI is InChI=1S/C16H25NO3/c1-3-19-12-10-17(11-13-20-4-2)14-16(18)15-8-6-5-7-9-15/h5-9H,3-4,10-14H2,1-2H3. The van der Waals surface area contributed by atoms with Crippen LogP contribution in [0.1, 0.15) is 24.2 Å². The maximum absolute atomic E-state index is 12.2. The summed E-state index contributed by atoms with van der Waals surface area (Å²) in [7, 11) is 0. The minimum Gasteiger partial charge on any atom is -0.380 e. The fraction of sp³-hybridized carbons (Fsp3) is 0.562. The van der Waals surface area contributed by atoms with Gasteiger partial charge in [-0.25, -0.2) is 0 Å². The molecule has 4 nitrogen and oxygen atoms in total. The van der Waals surface area contributed by atoms with Crippen molar-refractivity contribution in [2.24, 2.45) is 0 Å². The van der Waals surface area contributed by atoms with Crippen molar-refractivity contribution in [3.8, 4) is 0 Å². The first-order valence-electron chi connectivity index (χ1n) is 7.24. The van der Waals surface area contributed by atoms with Gasteiger partial charge >= 0.3 is 0 Å². The summed E-state index contributed by atoms with van der Waals surface area (Å²) < 4.78 is 10.7. The quantitative estimate of drug-likeness (QED) is 0.460. The third-order valence-electron chi connectivity index (χ3n) is 2.97. The summed E-state index contributed by atoms with van der Waals surface area (Å²) in [6, 6.07) is 9.39. The van der Waals surface area contributed by atoms with E-state index in [-0.39, 0.29) is 5.78 Å². The Morgan fingerprint density at radius 3 is 2.05 bits per heavy atom. The number of ether oxygens (including phenoxy) is 2. The molecule has 4 heteroatoms. The lowest BCUT2D eigenvalue weighted by molar-refractivity contribution is 0.0725. The number of rotatable bonds is 11. The fourth-order valence-electron chi connectivity index (χ4n) is 1.86. The summed E-state index contributed by atoms with van der Waals surface area (Å²) >= 11 is 0. The van der Waals surface area contributed by atoms with Crippen molar-refractivity contribution < 1.29 is 14.3 Å². The number of carbonyl (C=O) groups excluding carboxylic acids is 1. The van der Waals surface area contributed by atoms with Crippen molar-refractivity contribution in [3.05, 3.63) is 35.9 Å². The molecule has 1 aromatic rings. The van der Waals surface area contributed by atoms with Crippen LogP contribution < -0.4 is 0 Å².